The molecule has 0 radical (unpaired) electrons. The van der Waals surface area contributed by atoms with Crippen LogP contribution in [-0.4, -0.2) is 26.8 Å². The van der Waals surface area contributed by atoms with Crippen LogP contribution in [0.4, 0.5) is 5.95 Å². The molecule has 1 aliphatic carbocycles. The average Bonchev–Trinajstić information content (AvgIpc) is 3.35. The van der Waals surface area contributed by atoms with Crippen LogP contribution in [0.5, 0.6) is 0 Å². The Bertz CT molecular complexity index is 872. The molecule has 1 amide bonds. The predicted octanol–water partition coefficient (Wildman–Crippen LogP) is 2.79. The van der Waals surface area contributed by atoms with Gasteiger partial charge in [0.05, 0.1) is 0 Å². The van der Waals surface area contributed by atoms with Crippen molar-refractivity contribution in [2.75, 3.05) is 5.32 Å². The first-order chi connectivity index (χ1) is 11.6. The Hall–Kier alpha value is -3.02. The van der Waals surface area contributed by atoms with E-state index in [1.807, 2.05) is 12.1 Å². The third-order valence-corrected chi connectivity index (χ3v) is 3.84. The molecule has 0 aromatic carbocycles. The van der Waals surface area contributed by atoms with E-state index in [4.69, 9.17) is 0 Å². The number of anilines is 1. The summed E-state index contributed by atoms with van der Waals surface area (Å²) in [6.07, 6.45) is 9.58. The fourth-order valence-electron chi connectivity index (χ4n) is 2.26. The van der Waals surface area contributed by atoms with Crippen molar-refractivity contribution in [3.8, 4) is 0 Å². The molecule has 2 aromatic heterocycles. The number of aromatic nitrogens is 3. The summed E-state index contributed by atoms with van der Waals surface area (Å²) in [5.41, 5.74) is 2.66. The molecule has 122 valence electrons. The molecule has 6 heteroatoms. The van der Waals surface area contributed by atoms with E-state index in [9.17, 15) is 9.59 Å². The van der Waals surface area contributed by atoms with Gasteiger partial charge in [0.15, 0.2) is 5.65 Å². The molecule has 2 heterocycles. The van der Waals surface area contributed by atoms with Crippen LogP contribution in [0.15, 0.2) is 48.7 Å². The van der Waals surface area contributed by atoms with Crippen LogP contribution < -0.4 is 5.32 Å². The van der Waals surface area contributed by atoms with Gasteiger partial charge in [0, 0.05) is 23.3 Å². The molecule has 1 fully saturated rings. The first-order valence-corrected chi connectivity index (χ1v) is 7.77. The third-order valence-electron chi connectivity index (χ3n) is 3.84. The summed E-state index contributed by atoms with van der Waals surface area (Å²) in [6.45, 7) is 5.82. The van der Waals surface area contributed by atoms with Gasteiger partial charge in [0.1, 0.15) is 6.29 Å². The second kappa shape index (κ2) is 6.62. The number of rotatable bonds is 6. The van der Waals surface area contributed by atoms with Gasteiger partial charge in [0.2, 0.25) is 11.9 Å². The van der Waals surface area contributed by atoms with Crippen LogP contribution in [-0.2, 0) is 9.59 Å². The number of hydrogen-bond donors (Lipinski definition) is 1. The Balaban J connectivity index is 1.87. The van der Waals surface area contributed by atoms with Crippen LogP contribution in [0.25, 0.3) is 11.2 Å². The number of aldehydes is 1. The number of fused-ring (bicyclic) bond motifs is 1. The number of allylic oxidation sites excluding steroid dienone is 5. The molecule has 1 N–H and O–H groups in total. The summed E-state index contributed by atoms with van der Waals surface area (Å²) >= 11 is 0. The van der Waals surface area contributed by atoms with Crippen LogP contribution in [0, 0.1) is 5.92 Å². The zero-order valence-corrected chi connectivity index (χ0v) is 13.4. The van der Waals surface area contributed by atoms with Gasteiger partial charge in [-0.1, -0.05) is 24.8 Å². The lowest BCUT2D eigenvalue weighted by atomic mass is 10.1. The zero-order chi connectivity index (χ0) is 17.1. The average molecular weight is 322 g/mol. The maximum atomic E-state index is 11.8. The number of carbonyl (C=O) groups excluding carboxylic acids is 2. The normalized spacial score (nSPS) is 15.0. The number of nitrogens with zero attached hydrogens (tertiary/aromatic N) is 3. The summed E-state index contributed by atoms with van der Waals surface area (Å²) in [5, 5.41) is 7.02. The molecule has 2 aromatic rings. The van der Waals surface area contributed by atoms with E-state index in [-0.39, 0.29) is 17.8 Å². The van der Waals surface area contributed by atoms with E-state index >= 15 is 0 Å². The van der Waals surface area contributed by atoms with Gasteiger partial charge in [-0.3, -0.25) is 14.9 Å². The first kappa shape index (κ1) is 15.9. The Labute approximate surface area is 139 Å². The highest BCUT2D eigenvalue weighted by Gasteiger charge is 2.30. The van der Waals surface area contributed by atoms with E-state index in [0.717, 1.165) is 24.7 Å². The van der Waals surface area contributed by atoms with E-state index < -0.39 is 0 Å². The van der Waals surface area contributed by atoms with Crippen molar-refractivity contribution in [2.45, 2.75) is 19.8 Å². The van der Waals surface area contributed by atoms with Crippen molar-refractivity contribution in [3.63, 3.8) is 0 Å². The second-order valence-corrected chi connectivity index (χ2v) is 5.65. The molecule has 0 saturated heterocycles. The predicted molar refractivity (Wildman–Crippen MR) is 92.3 cm³/mol. The number of nitrogens with one attached hydrogen (secondary N) is 1. The highest BCUT2D eigenvalue weighted by molar-refractivity contribution is 5.93. The van der Waals surface area contributed by atoms with Crippen LogP contribution in [0.1, 0.15) is 25.3 Å². The van der Waals surface area contributed by atoms with Gasteiger partial charge in [-0.15, -0.1) is 5.10 Å². The SMILES string of the molecule is C=C(/C=C\C(C=O)=C/C)c1cccn2nc(NC(=O)C3CC3)nc12. The van der Waals surface area contributed by atoms with Crippen LogP contribution >= 0.6 is 0 Å². The number of carbonyl (C=O) groups is 2. The molecule has 0 unspecified atom stereocenters. The molecule has 3 rings (SSSR count). The van der Waals surface area contributed by atoms with Crippen molar-refractivity contribution in [1.29, 1.82) is 0 Å². The summed E-state index contributed by atoms with van der Waals surface area (Å²) in [4.78, 5) is 27.1. The van der Waals surface area contributed by atoms with Crippen LogP contribution in [0.3, 0.4) is 0 Å². The molecule has 0 atom stereocenters. The molecule has 1 aliphatic rings. The summed E-state index contributed by atoms with van der Waals surface area (Å²) in [5.74, 6) is 0.352. The lowest BCUT2D eigenvalue weighted by molar-refractivity contribution is -0.117. The number of hydrogen-bond acceptors (Lipinski definition) is 4. The molecule has 0 spiro atoms. The first-order valence-electron chi connectivity index (χ1n) is 7.77. The molecule has 24 heavy (non-hydrogen) atoms. The molecule has 0 aliphatic heterocycles. The second-order valence-electron chi connectivity index (χ2n) is 5.65. The number of amides is 1. The Morgan fingerprint density at radius 2 is 2.21 bits per heavy atom. The fraction of sp³-hybridized carbons (Fsp3) is 0.222. The fourth-order valence-corrected chi connectivity index (χ4v) is 2.26. The molecular formula is C18H18N4O2. The summed E-state index contributed by atoms with van der Waals surface area (Å²) < 4.78 is 1.60. The minimum absolute atomic E-state index is 0.0325. The van der Waals surface area contributed by atoms with Crippen molar-refractivity contribution in [3.05, 3.63) is 54.3 Å². The smallest absolute Gasteiger partial charge is 0.249 e. The third kappa shape index (κ3) is 3.32. The minimum atomic E-state index is -0.0325. The maximum absolute atomic E-state index is 11.8. The maximum Gasteiger partial charge on any atom is 0.249 e. The van der Waals surface area contributed by atoms with Gasteiger partial charge >= 0.3 is 0 Å². The van der Waals surface area contributed by atoms with Crippen molar-refractivity contribution in [2.24, 2.45) is 5.92 Å². The lowest BCUT2D eigenvalue weighted by Gasteiger charge is -2.01. The van der Waals surface area contributed by atoms with Crippen molar-refractivity contribution >= 4 is 29.4 Å². The molecule has 6 nitrogen and oxygen atoms in total. The quantitative estimate of drug-likeness (QED) is 0.504. The van der Waals surface area contributed by atoms with E-state index in [0.29, 0.717) is 16.8 Å². The zero-order valence-electron chi connectivity index (χ0n) is 13.4. The molecular weight excluding hydrogens is 304 g/mol. The van der Waals surface area contributed by atoms with Gasteiger partial charge in [0.25, 0.3) is 0 Å². The monoisotopic (exact) mass is 322 g/mol. The lowest BCUT2D eigenvalue weighted by Crippen LogP contribution is -2.14. The summed E-state index contributed by atoms with van der Waals surface area (Å²) in [6, 6.07) is 3.71. The van der Waals surface area contributed by atoms with Crippen molar-refractivity contribution < 1.29 is 9.59 Å². The minimum Gasteiger partial charge on any atom is -0.298 e. The Morgan fingerprint density at radius 1 is 1.42 bits per heavy atom. The highest BCUT2D eigenvalue weighted by atomic mass is 16.2. The molecule has 0 bridgehead atoms. The van der Waals surface area contributed by atoms with Gasteiger partial charge < -0.3 is 0 Å². The van der Waals surface area contributed by atoms with Crippen molar-refractivity contribution in [1.82, 2.24) is 14.6 Å². The van der Waals surface area contributed by atoms with E-state index in [1.165, 1.54) is 0 Å². The van der Waals surface area contributed by atoms with Gasteiger partial charge in [-0.05, 0) is 37.5 Å². The van der Waals surface area contributed by atoms with E-state index in [1.54, 1.807) is 35.9 Å². The van der Waals surface area contributed by atoms with Crippen LogP contribution in [0.2, 0.25) is 0 Å². The van der Waals surface area contributed by atoms with E-state index in [2.05, 4.69) is 22.0 Å². The number of pyridine rings is 1. The Morgan fingerprint density at radius 3 is 2.88 bits per heavy atom. The topological polar surface area (TPSA) is 76.4 Å². The van der Waals surface area contributed by atoms with Gasteiger partial charge in [-0.25, -0.2) is 4.52 Å². The van der Waals surface area contributed by atoms with Gasteiger partial charge in [-0.2, -0.15) is 4.98 Å². The largest absolute Gasteiger partial charge is 0.298 e. The summed E-state index contributed by atoms with van der Waals surface area (Å²) in [7, 11) is 0. The highest BCUT2D eigenvalue weighted by Crippen LogP contribution is 2.30. The standard InChI is InChI=1S/C18H18N4O2/c1-3-13(11-23)7-6-12(2)15-5-4-10-22-16(15)19-18(21-22)20-17(24)14-8-9-14/h3-7,10-11,14H,2,8-9H2,1H3,(H,20,21,24)/b7-6-,13-3+. The Kier molecular flexibility index (Phi) is 4.37. The molecule has 1 saturated carbocycles.